The molecular weight excluding hydrogens is 288 g/mol. The lowest BCUT2D eigenvalue weighted by molar-refractivity contribution is -0.332. The zero-order valence-electron chi connectivity index (χ0n) is 13.3. The Labute approximate surface area is 130 Å². The van der Waals surface area contributed by atoms with Crippen molar-refractivity contribution >= 4 is 0 Å². The normalized spacial score (nSPS) is 61.4. The van der Waals surface area contributed by atoms with Crippen molar-refractivity contribution in [3.05, 3.63) is 0 Å². The first-order valence-electron chi connectivity index (χ1n) is 8.19. The molecule has 0 aromatic carbocycles. The lowest BCUT2D eigenvalue weighted by Crippen LogP contribution is -2.77. The molecule has 0 amide bonds. The maximum Gasteiger partial charge on any atom is 0.109 e. The second kappa shape index (κ2) is 4.88. The third-order valence-electron chi connectivity index (χ3n) is 7.25. The van der Waals surface area contributed by atoms with Crippen LogP contribution in [0.3, 0.4) is 0 Å². The molecule has 2 bridgehead atoms. The van der Waals surface area contributed by atoms with Gasteiger partial charge in [-0.15, -0.1) is 0 Å². The van der Waals surface area contributed by atoms with Crippen LogP contribution in [0.5, 0.6) is 0 Å². The molecule has 6 nitrogen and oxygen atoms in total. The molecule has 0 radical (unpaired) electrons. The summed E-state index contributed by atoms with van der Waals surface area (Å²) in [6.45, 7) is 5.65. The average molecular weight is 316 g/mol. The van der Waals surface area contributed by atoms with Crippen molar-refractivity contribution in [1.29, 1.82) is 0 Å². The highest BCUT2D eigenvalue weighted by Crippen LogP contribution is 2.68. The van der Waals surface area contributed by atoms with Gasteiger partial charge in [0.25, 0.3) is 0 Å². The molecule has 0 aromatic heterocycles. The summed E-state index contributed by atoms with van der Waals surface area (Å²) in [5, 5.41) is 62.7. The van der Waals surface area contributed by atoms with Crippen molar-refractivity contribution in [2.45, 2.75) is 70.2 Å². The van der Waals surface area contributed by atoms with Gasteiger partial charge in [0, 0.05) is 22.7 Å². The first-order valence-corrected chi connectivity index (χ1v) is 8.19. The van der Waals surface area contributed by atoms with Crippen LogP contribution in [0.4, 0.5) is 0 Å². The second-order valence-electron chi connectivity index (χ2n) is 8.18. The molecule has 0 aromatic rings. The zero-order valence-corrected chi connectivity index (χ0v) is 13.3. The Balaban J connectivity index is 2.18. The largest absolute Gasteiger partial charge is 0.390 e. The standard InChI is InChI=1S/C16H28O6/c1-6(2)16-5-4-15(3,13(21)14(16)22)7-8(16)10(18)12(20)11(19)9(7)17/h6-14,17-22H,4-5H2,1-3H3. The quantitative estimate of drug-likeness (QED) is 0.363. The molecule has 4 fully saturated rings. The fourth-order valence-corrected chi connectivity index (χ4v) is 5.89. The molecule has 4 saturated carbocycles. The minimum atomic E-state index is -1.45. The summed E-state index contributed by atoms with van der Waals surface area (Å²) in [5.41, 5.74) is -1.56. The van der Waals surface area contributed by atoms with Crippen LogP contribution in [0.2, 0.25) is 0 Å². The maximum absolute atomic E-state index is 10.8. The molecule has 128 valence electrons. The first-order chi connectivity index (χ1) is 10.1. The van der Waals surface area contributed by atoms with Gasteiger partial charge >= 0.3 is 0 Å². The smallest absolute Gasteiger partial charge is 0.109 e. The molecule has 0 saturated heterocycles. The highest BCUT2D eigenvalue weighted by atomic mass is 16.4. The molecular formula is C16H28O6. The zero-order chi connectivity index (χ0) is 16.6. The first kappa shape index (κ1) is 16.6. The fraction of sp³-hybridized carbons (Fsp3) is 1.00. The van der Waals surface area contributed by atoms with E-state index in [0.29, 0.717) is 12.8 Å². The van der Waals surface area contributed by atoms with Crippen molar-refractivity contribution in [3.8, 4) is 0 Å². The molecule has 6 N–H and O–H groups in total. The topological polar surface area (TPSA) is 121 Å². The number of hydrogen-bond acceptors (Lipinski definition) is 6. The molecule has 22 heavy (non-hydrogen) atoms. The van der Waals surface area contributed by atoms with Crippen LogP contribution in [0, 0.1) is 28.6 Å². The van der Waals surface area contributed by atoms with E-state index < -0.39 is 59.3 Å². The third kappa shape index (κ3) is 1.66. The fourth-order valence-electron chi connectivity index (χ4n) is 5.89. The van der Waals surface area contributed by atoms with Gasteiger partial charge in [-0.25, -0.2) is 0 Å². The van der Waals surface area contributed by atoms with Gasteiger partial charge in [0.1, 0.15) is 12.2 Å². The molecule has 10 unspecified atom stereocenters. The number of hydrogen-bond donors (Lipinski definition) is 6. The van der Waals surface area contributed by atoms with Crippen LogP contribution in [-0.4, -0.2) is 67.3 Å². The van der Waals surface area contributed by atoms with Crippen molar-refractivity contribution in [2.75, 3.05) is 0 Å². The highest BCUT2D eigenvalue weighted by molar-refractivity contribution is 5.21. The summed E-state index contributed by atoms with van der Waals surface area (Å²) in [6, 6.07) is 0. The number of fused-ring (bicyclic) bond motifs is 2. The minimum Gasteiger partial charge on any atom is -0.390 e. The van der Waals surface area contributed by atoms with Gasteiger partial charge in [-0.3, -0.25) is 0 Å². The van der Waals surface area contributed by atoms with E-state index >= 15 is 0 Å². The summed E-state index contributed by atoms with van der Waals surface area (Å²) < 4.78 is 0. The maximum atomic E-state index is 10.8. The summed E-state index contributed by atoms with van der Waals surface area (Å²) in [5.74, 6) is -1.16. The minimum absolute atomic E-state index is 0.0428. The van der Waals surface area contributed by atoms with E-state index in [9.17, 15) is 30.6 Å². The van der Waals surface area contributed by atoms with Crippen molar-refractivity contribution in [1.82, 2.24) is 0 Å². The molecule has 0 heterocycles. The Morgan fingerprint density at radius 3 is 1.73 bits per heavy atom. The van der Waals surface area contributed by atoms with Gasteiger partial charge in [-0.1, -0.05) is 20.8 Å². The third-order valence-corrected chi connectivity index (χ3v) is 7.25. The molecule has 10 atom stereocenters. The Morgan fingerprint density at radius 1 is 0.727 bits per heavy atom. The van der Waals surface area contributed by atoms with Gasteiger partial charge in [0.05, 0.1) is 24.4 Å². The van der Waals surface area contributed by atoms with E-state index in [4.69, 9.17) is 0 Å². The van der Waals surface area contributed by atoms with Crippen LogP contribution in [0.25, 0.3) is 0 Å². The van der Waals surface area contributed by atoms with Gasteiger partial charge in [0.2, 0.25) is 0 Å². The lowest BCUT2D eigenvalue weighted by Gasteiger charge is -2.70. The number of rotatable bonds is 1. The van der Waals surface area contributed by atoms with Crippen LogP contribution in [0.15, 0.2) is 0 Å². The van der Waals surface area contributed by atoms with E-state index in [1.54, 1.807) is 6.92 Å². The van der Waals surface area contributed by atoms with Gasteiger partial charge in [-0.2, -0.15) is 0 Å². The van der Waals surface area contributed by atoms with Gasteiger partial charge in [-0.05, 0) is 18.8 Å². The Kier molecular flexibility index (Phi) is 3.68. The Hall–Kier alpha value is -0.240. The van der Waals surface area contributed by atoms with Crippen LogP contribution < -0.4 is 0 Å². The van der Waals surface area contributed by atoms with Crippen LogP contribution in [-0.2, 0) is 0 Å². The van der Waals surface area contributed by atoms with E-state index in [1.807, 2.05) is 13.8 Å². The number of aliphatic hydroxyl groups is 6. The predicted octanol–water partition coefficient (Wildman–Crippen LogP) is -1.15. The Morgan fingerprint density at radius 2 is 1.23 bits per heavy atom. The molecule has 0 aliphatic heterocycles. The molecule has 0 spiro atoms. The SMILES string of the molecule is CC(C)C12CCC(C)(C(O)C1O)C1C(O)C(O)C(O)C(O)C12. The highest BCUT2D eigenvalue weighted by Gasteiger charge is 2.73. The summed E-state index contributed by atoms with van der Waals surface area (Å²) in [7, 11) is 0. The van der Waals surface area contributed by atoms with E-state index in [1.165, 1.54) is 0 Å². The van der Waals surface area contributed by atoms with Crippen LogP contribution in [0.1, 0.15) is 33.6 Å². The predicted molar refractivity (Wildman–Crippen MR) is 77.6 cm³/mol. The van der Waals surface area contributed by atoms with E-state index in [2.05, 4.69) is 0 Å². The molecule has 4 rings (SSSR count). The molecule has 4 aliphatic carbocycles. The number of aliphatic hydroxyl groups excluding tert-OH is 6. The Bertz CT molecular complexity index is 456. The summed E-state index contributed by atoms with van der Waals surface area (Å²) >= 11 is 0. The molecule has 4 aliphatic rings. The van der Waals surface area contributed by atoms with Crippen molar-refractivity contribution < 1.29 is 30.6 Å². The summed E-state index contributed by atoms with van der Waals surface area (Å²) in [6.07, 6.45) is -6.16. The van der Waals surface area contributed by atoms with Crippen LogP contribution >= 0.6 is 0 Å². The lowest BCUT2D eigenvalue weighted by atomic mass is 9.37. The van der Waals surface area contributed by atoms with E-state index in [0.717, 1.165) is 0 Å². The average Bonchev–Trinajstić information content (AvgIpc) is 2.47. The molecule has 6 heteroatoms. The van der Waals surface area contributed by atoms with Crippen molar-refractivity contribution in [2.24, 2.45) is 28.6 Å². The van der Waals surface area contributed by atoms with Gasteiger partial charge in [0.15, 0.2) is 0 Å². The van der Waals surface area contributed by atoms with E-state index in [-0.39, 0.29) is 5.92 Å². The second-order valence-corrected chi connectivity index (χ2v) is 8.18. The monoisotopic (exact) mass is 316 g/mol. The van der Waals surface area contributed by atoms with Gasteiger partial charge < -0.3 is 30.6 Å². The van der Waals surface area contributed by atoms with Crippen molar-refractivity contribution in [3.63, 3.8) is 0 Å². The summed E-state index contributed by atoms with van der Waals surface area (Å²) in [4.78, 5) is 0.